The Bertz CT molecular complexity index is 738. The van der Waals surface area contributed by atoms with Crippen molar-refractivity contribution in [1.29, 1.82) is 5.26 Å². The van der Waals surface area contributed by atoms with Crippen molar-refractivity contribution in [2.24, 2.45) is 5.92 Å². The Labute approximate surface area is 139 Å². The minimum absolute atomic E-state index is 0.0611. The first-order valence-corrected chi connectivity index (χ1v) is 7.59. The predicted octanol–water partition coefficient (Wildman–Crippen LogP) is 2.87. The first-order chi connectivity index (χ1) is 11.2. The average molecular weight is 330 g/mol. The Hall–Kier alpha value is -2.75. The topological polar surface area (TPSA) is 110 Å². The van der Waals surface area contributed by atoms with Crippen molar-refractivity contribution >= 4 is 17.4 Å². The van der Waals surface area contributed by atoms with Crippen LogP contribution in [0.15, 0.2) is 18.2 Å². The van der Waals surface area contributed by atoms with Crippen LogP contribution in [-0.4, -0.2) is 22.3 Å². The minimum atomic E-state index is -1.45. The van der Waals surface area contributed by atoms with Crippen LogP contribution in [0.2, 0.25) is 0 Å². The van der Waals surface area contributed by atoms with Crippen LogP contribution in [0.5, 0.6) is 0 Å². The standard InChI is InChI=1S/C17H18N2O5/c1-17(2,3)24-16(21)14(15(20)10-7-8-10)13-11(9-18)5-4-6-12(13)19(22)23/h4-6,10,14H,7-8H2,1-3H3. The molecule has 24 heavy (non-hydrogen) atoms. The molecule has 0 aromatic heterocycles. The van der Waals surface area contributed by atoms with Crippen LogP contribution in [0.1, 0.15) is 50.7 Å². The number of nitro benzene ring substituents is 1. The van der Waals surface area contributed by atoms with E-state index < -0.39 is 33.9 Å². The summed E-state index contributed by atoms with van der Waals surface area (Å²) in [6, 6.07) is 5.74. The highest BCUT2D eigenvalue weighted by Gasteiger charge is 2.44. The van der Waals surface area contributed by atoms with Crippen LogP contribution in [0.25, 0.3) is 0 Å². The summed E-state index contributed by atoms with van der Waals surface area (Å²) in [4.78, 5) is 35.9. The quantitative estimate of drug-likeness (QED) is 0.355. The van der Waals surface area contributed by atoms with Gasteiger partial charge in [-0.15, -0.1) is 0 Å². The smallest absolute Gasteiger partial charge is 0.321 e. The summed E-state index contributed by atoms with van der Waals surface area (Å²) in [5, 5.41) is 20.6. The summed E-state index contributed by atoms with van der Waals surface area (Å²) in [7, 11) is 0. The molecule has 1 atom stereocenters. The van der Waals surface area contributed by atoms with Crippen LogP contribution < -0.4 is 0 Å². The number of nitrogens with zero attached hydrogens (tertiary/aromatic N) is 2. The third-order valence-electron chi connectivity index (χ3n) is 3.60. The highest BCUT2D eigenvalue weighted by Crippen LogP contribution is 2.40. The van der Waals surface area contributed by atoms with E-state index in [1.165, 1.54) is 18.2 Å². The Morgan fingerprint density at radius 3 is 2.46 bits per heavy atom. The zero-order valence-corrected chi connectivity index (χ0v) is 13.7. The van der Waals surface area contributed by atoms with Crippen LogP contribution >= 0.6 is 0 Å². The number of esters is 1. The van der Waals surface area contributed by atoms with Gasteiger partial charge in [-0.1, -0.05) is 6.07 Å². The lowest BCUT2D eigenvalue weighted by molar-refractivity contribution is -0.385. The van der Waals surface area contributed by atoms with Gasteiger partial charge in [-0.3, -0.25) is 19.7 Å². The molecule has 0 bridgehead atoms. The van der Waals surface area contributed by atoms with E-state index in [4.69, 9.17) is 4.74 Å². The molecule has 1 aliphatic carbocycles. The van der Waals surface area contributed by atoms with E-state index in [2.05, 4.69) is 0 Å². The highest BCUT2D eigenvalue weighted by molar-refractivity contribution is 6.07. The van der Waals surface area contributed by atoms with Crippen molar-refractivity contribution in [2.75, 3.05) is 0 Å². The van der Waals surface area contributed by atoms with Crippen molar-refractivity contribution in [2.45, 2.75) is 45.1 Å². The molecule has 0 heterocycles. The number of Topliss-reactive ketones (excluding diaryl/α,β-unsaturated/α-hetero) is 1. The highest BCUT2D eigenvalue weighted by atomic mass is 16.6. The van der Waals surface area contributed by atoms with Gasteiger partial charge in [-0.2, -0.15) is 5.26 Å². The second-order valence-corrected chi connectivity index (χ2v) is 6.75. The molecule has 1 saturated carbocycles. The van der Waals surface area contributed by atoms with Gasteiger partial charge < -0.3 is 4.74 Å². The molecule has 1 unspecified atom stereocenters. The van der Waals surface area contributed by atoms with E-state index in [0.29, 0.717) is 12.8 Å². The van der Waals surface area contributed by atoms with Gasteiger partial charge in [0.15, 0.2) is 5.78 Å². The Morgan fingerprint density at radius 1 is 1.38 bits per heavy atom. The summed E-state index contributed by atoms with van der Waals surface area (Å²) < 4.78 is 5.30. The molecule has 1 aromatic carbocycles. The maximum absolute atomic E-state index is 12.6. The molecular formula is C17H18N2O5. The van der Waals surface area contributed by atoms with Gasteiger partial charge in [0.1, 0.15) is 11.5 Å². The number of nitriles is 1. The van der Waals surface area contributed by atoms with Crippen molar-refractivity contribution in [3.05, 3.63) is 39.4 Å². The van der Waals surface area contributed by atoms with Crippen LogP contribution in [0.4, 0.5) is 5.69 Å². The molecule has 7 heteroatoms. The molecule has 0 saturated heterocycles. The van der Waals surface area contributed by atoms with Crippen LogP contribution in [-0.2, 0) is 14.3 Å². The van der Waals surface area contributed by atoms with Gasteiger partial charge in [-0.05, 0) is 39.7 Å². The van der Waals surface area contributed by atoms with Gasteiger partial charge >= 0.3 is 5.97 Å². The average Bonchev–Trinajstić information content (AvgIpc) is 3.29. The molecule has 0 spiro atoms. The van der Waals surface area contributed by atoms with Crippen molar-refractivity contribution in [3.8, 4) is 6.07 Å². The lowest BCUT2D eigenvalue weighted by Crippen LogP contribution is -2.33. The number of carbonyl (C=O) groups is 2. The lowest BCUT2D eigenvalue weighted by atomic mass is 9.87. The number of benzene rings is 1. The van der Waals surface area contributed by atoms with Crippen LogP contribution in [0, 0.1) is 27.4 Å². The fourth-order valence-corrected chi connectivity index (χ4v) is 2.45. The van der Waals surface area contributed by atoms with E-state index in [0.717, 1.165) is 0 Å². The number of ketones is 1. The molecule has 0 N–H and O–H groups in total. The molecule has 1 aliphatic rings. The Kier molecular flexibility index (Phi) is 4.69. The zero-order valence-electron chi connectivity index (χ0n) is 13.7. The van der Waals surface area contributed by atoms with Gasteiger partial charge in [-0.25, -0.2) is 0 Å². The normalized spacial score (nSPS) is 15.2. The Morgan fingerprint density at radius 2 is 2.00 bits per heavy atom. The predicted molar refractivity (Wildman–Crippen MR) is 84.1 cm³/mol. The number of carbonyl (C=O) groups excluding carboxylic acids is 2. The molecule has 7 nitrogen and oxygen atoms in total. The molecule has 1 fully saturated rings. The van der Waals surface area contributed by atoms with E-state index in [1.54, 1.807) is 20.8 Å². The first kappa shape index (κ1) is 17.6. The van der Waals surface area contributed by atoms with Crippen molar-refractivity contribution in [3.63, 3.8) is 0 Å². The Balaban J connectivity index is 2.59. The van der Waals surface area contributed by atoms with Crippen molar-refractivity contribution in [1.82, 2.24) is 0 Å². The minimum Gasteiger partial charge on any atom is -0.459 e. The van der Waals surface area contributed by atoms with Crippen LogP contribution in [0.3, 0.4) is 0 Å². The maximum atomic E-state index is 12.6. The number of rotatable bonds is 5. The first-order valence-electron chi connectivity index (χ1n) is 7.59. The summed E-state index contributed by atoms with van der Waals surface area (Å²) in [5.74, 6) is -3.04. The third kappa shape index (κ3) is 3.77. The second-order valence-electron chi connectivity index (χ2n) is 6.75. The monoisotopic (exact) mass is 330 g/mol. The number of hydrogen-bond donors (Lipinski definition) is 0. The fourth-order valence-electron chi connectivity index (χ4n) is 2.45. The fraction of sp³-hybridized carbons (Fsp3) is 0.471. The summed E-state index contributed by atoms with van der Waals surface area (Å²) in [6.45, 7) is 4.94. The van der Waals surface area contributed by atoms with E-state index in [-0.39, 0.29) is 17.0 Å². The van der Waals surface area contributed by atoms with Gasteiger partial charge in [0, 0.05) is 12.0 Å². The molecule has 126 valence electrons. The summed E-state index contributed by atoms with van der Waals surface area (Å²) in [6.07, 6.45) is 1.28. The zero-order chi connectivity index (χ0) is 18.1. The second kappa shape index (κ2) is 6.40. The molecule has 0 amide bonds. The SMILES string of the molecule is CC(C)(C)OC(=O)C(C(=O)C1CC1)c1c(C#N)cccc1[N+](=O)[O-]. The molecule has 0 aliphatic heterocycles. The molecule has 1 aromatic rings. The molecular weight excluding hydrogens is 312 g/mol. The van der Waals surface area contributed by atoms with Gasteiger partial charge in [0.25, 0.3) is 5.69 Å². The molecule has 0 radical (unpaired) electrons. The van der Waals surface area contributed by atoms with Gasteiger partial charge in [0.05, 0.1) is 22.1 Å². The number of nitro groups is 1. The largest absolute Gasteiger partial charge is 0.459 e. The van der Waals surface area contributed by atoms with Gasteiger partial charge in [0.2, 0.25) is 0 Å². The summed E-state index contributed by atoms with van der Waals surface area (Å²) in [5.41, 5.74) is -1.50. The lowest BCUT2D eigenvalue weighted by Gasteiger charge is -2.24. The molecule has 2 rings (SSSR count). The van der Waals surface area contributed by atoms with E-state index in [1.807, 2.05) is 6.07 Å². The number of ether oxygens (including phenoxy) is 1. The number of hydrogen-bond acceptors (Lipinski definition) is 6. The maximum Gasteiger partial charge on any atom is 0.321 e. The van der Waals surface area contributed by atoms with E-state index >= 15 is 0 Å². The van der Waals surface area contributed by atoms with Crippen molar-refractivity contribution < 1.29 is 19.2 Å². The summed E-state index contributed by atoms with van der Waals surface area (Å²) >= 11 is 0. The van der Waals surface area contributed by atoms with E-state index in [9.17, 15) is 25.0 Å². The third-order valence-corrected chi connectivity index (χ3v) is 3.60.